The number of cyclic esters (lactones) is 1. The van der Waals surface area contributed by atoms with E-state index < -0.39 is 5.54 Å². The molecule has 0 amide bonds. The largest absolute Gasteiger partial charge is 0.474 e. The fraction of sp³-hybridized carbons (Fsp3) is 0.481. The number of pyridine rings is 3. The van der Waals surface area contributed by atoms with Gasteiger partial charge in [-0.3, -0.25) is 9.97 Å². The topological polar surface area (TPSA) is 100 Å². The van der Waals surface area contributed by atoms with Gasteiger partial charge in [-0.1, -0.05) is 20.8 Å². The van der Waals surface area contributed by atoms with E-state index in [1.165, 1.54) is 0 Å². The minimum absolute atomic E-state index is 0.244. The van der Waals surface area contributed by atoms with Crippen molar-refractivity contribution in [1.29, 1.82) is 0 Å². The van der Waals surface area contributed by atoms with Crippen molar-refractivity contribution in [2.75, 3.05) is 0 Å². The molecule has 2 atom stereocenters. The molecule has 0 radical (unpaired) electrons. The van der Waals surface area contributed by atoms with Gasteiger partial charge in [-0.05, 0) is 62.3 Å². The van der Waals surface area contributed by atoms with Crippen LogP contribution in [0, 0.1) is 0 Å². The molecule has 178 valence electrons. The Kier molecular flexibility index (Phi) is 5.35. The van der Waals surface area contributed by atoms with Crippen LogP contribution in [0.1, 0.15) is 86.9 Å². The van der Waals surface area contributed by atoms with Crippen LogP contribution in [0.5, 0.6) is 5.88 Å². The number of nitrogens with two attached hydrogens (primary N) is 1. The maximum absolute atomic E-state index is 12.4. The summed E-state index contributed by atoms with van der Waals surface area (Å²) in [5, 5.41) is 1.90. The van der Waals surface area contributed by atoms with Gasteiger partial charge in [-0.2, -0.15) is 0 Å². The molecule has 0 unspecified atom stereocenters. The number of nitrogens with zero attached hydrogens (tertiary/aromatic N) is 3. The quantitative estimate of drug-likeness (QED) is 0.538. The molecule has 7 nitrogen and oxygen atoms in total. The zero-order valence-electron chi connectivity index (χ0n) is 20.5. The van der Waals surface area contributed by atoms with Gasteiger partial charge in [0.15, 0.2) is 0 Å². The number of carbonyl (C=O) groups is 1. The van der Waals surface area contributed by atoms with Gasteiger partial charge >= 0.3 is 5.97 Å². The molecule has 0 aromatic carbocycles. The molecule has 7 heteroatoms. The summed E-state index contributed by atoms with van der Waals surface area (Å²) in [7, 11) is 0. The Labute approximate surface area is 200 Å². The van der Waals surface area contributed by atoms with Crippen molar-refractivity contribution in [2.45, 2.75) is 83.5 Å². The summed E-state index contributed by atoms with van der Waals surface area (Å²) in [5.41, 5.74) is 9.78. The standard InChI is InChI=1S/C27H32N4O3/c1-6-27(5,28)22-14-30-24(34-18-8-9-18)21-13-29-17(12-20(21)22)11-16-7-10-19-23(31-16)26(3,4)15(2)33-25(19)32/h7,10,12-15,18H,6,8-9,11,28H2,1-5H3/t15-,27-/m0/s1. The predicted molar refractivity (Wildman–Crippen MR) is 130 cm³/mol. The third kappa shape index (κ3) is 3.92. The number of aromatic nitrogens is 3. The lowest BCUT2D eigenvalue weighted by atomic mass is 9.79. The fourth-order valence-electron chi connectivity index (χ4n) is 4.34. The summed E-state index contributed by atoms with van der Waals surface area (Å²) < 4.78 is 11.6. The number of fused-ring (bicyclic) bond motifs is 2. The smallest absolute Gasteiger partial charge is 0.340 e. The van der Waals surface area contributed by atoms with Gasteiger partial charge in [0.1, 0.15) is 12.2 Å². The summed E-state index contributed by atoms with van der Waals surface area (Å²) in [6.07, 6.45) is 7.13. The lowest BCUT2D eigenvalue weighted by molar-refractivity contribution is 0.00855. The summed E-state index contributed by atoms with van der Waals surface area (Å²) in [5.74, 6) is 0.306. The van der Waals surface area contributed by atoms with Crippen LogP contribution in [-0.2, 0) is 22.1 Å². The monoisotopic (exact) mass is 460 g/mol. The van der Waals surface area contributed by atoms with Crippen molar-refractivity contribution in [1.82, 2.24) is 15.0 Å². The van der Waals surface area contributed by atoms with Gasteiger partial charge in [-0.15, -0.1) is 0 Å². The number of rotatable bonds is 6. The van der Waals surface area contributed by atoms with Gasteiger partial charge in [0.25, 0.3) is 0 Å². The molecule has 34 heavy (non-hydrogen) atoms. The average molecular weight is 461 g/mol. The third-order valence-electron chi connectivity index (χ3n) is 7.39. The Morgan fingerprint density at radius 3 is 2.65 bits per heavy atom. The normalized spacial score (nSPS) is 21.0. The average Bonchev–Trinajstić information content (AvgIpc) is 3.62. The summed E-state index contributed by atoms with van der Waals surface area (Å²) in [6.45, 7) is 10.1. The van der Waals surface area contributed by atoms with E-state index in [2.05, 4.69) is 31.8 Å². The molecule has 2 N–H and O–H groups in total. The van der Waals surface area contributed by atoms with Crippen molar-refractivity contribution in [3.8, 4) is 5.88 Å². The van der Waals surface area contributed by atoms with Crippen LogP contribution < -0.4 is 10.5 Å². The molecule has 2 aliphatic rings. The van der Waals surface area contributed by atoms with Gasteiger partial charge in [0.05, 0.1) is 16.6 Å². The Balaban J connectivity index is 1.55. The van der Waals surface area contributed by atoms with E-state index in [0.717, 1.165) is 52.7 Å². The highest BCUT2D eigenvalue weighted by Crippen LogP contribution is 2.37. The predicted octanol–water partition coefficient (Wildman–Crippen LogP) is 4.58. The highest BCUT2D eigenvalue weighted by molar-refractivity contribution is 5.92. The second-order valence-electron chi connectivity index (χ2n) is 10.4. The second kappa shape index (κ2) is 8.01. The van der Waals surface area contributed by atoms with Gasteiger partial charge in [-0.25, -0.2) is 9.78 Å². The van der Waals surface area contributed by atoms with E-state index >= 15 is 0 Å². The second-order valence-corrected chi connectivity index (χ2v) is 10.4. The number of esters is 1. The van der Waals surface area contributed by atoms with E-state index in [0.29, 0.717) is 17.9 Å². The maximum atomic E-state index is 12.4. The lowest BCUT2D eigenvalue weighted by Crippen LogP contribution is -2.42. The Morgan fingerprint density at radius 1 is 1.18 bits per heavy atom. The minimum atomic E-state index is -0.521. The first-order valence-corrected chi connectivity index (χ1v) is 12.0. The fourth-order valence-corrected chi connectivity index (χ4v) is 4.34. The van der Waals surface area contributed by atoms with Crippen molar-refractivity contribution in [2.24, 2.45) is 5.73 Å². The molecule has 0 bridgehead atoms. The van der Waals surface area contributed by atoms with E-state index in [4.69, 9.17) is 25.2 Å². The highest BCUT2D eigenvalue weighted by atomic mass is 16.5. The van der Waals surface area contributed by atoms with E-state index in [1.807, 2.05) is 38.4 Å². The molecule has 1 fully saturated rings. The van der Waals surface area contributed by atoms with Gasteiger partial charge in [0.2, 0.25) is 5.88 Å². The van der Waals surface area contributed by atoms with E-state index in [9.17, 15) is 4.79 Å². The third-order valence-corrected chi connectivity index (χ3v) is 7.39. The number of carbonyl (C=O) groups excluding carboxylic acids is 1. The van der Waals surface area contributed by atoms with Crippen LogP contribution in [0.4, 0.5) is 0 Å². The molecule has 3 aromatic rings. The Morgan fingerprint density at radius 2 is 1.94 bits per heavy atom. The highest BCUT2D eigenvalue weighted by Gasteiger charge is 2.41. The van der Waals surface area contributed by atoms with Crippen molar-refractivity contribution in [3.05, 3.63) is 58.8 Å². The van der Waals surface area contributed by atoms with Gasteiger partial charge < -0.3 is 15.2 Å². The molecule has 1 saturated carbocycles. The van der Waals surface area contributed by atoms with Crippen LogP contribution in [-0.4, -0.2) is 33.1 Å². The van der Waals surface area contributed by atoms with E-state index in [-0.39, 0.29) is 23.6 Å². The molecule has 5 rings (SSSR count). The Hall–Kier alpha value is -3.06. The van der Waals surface area contributed by atoms with Crippen LogP contribution in [0.15, 0.2) is 30.6 Å². The zero-order chi connectivity index (χ0) is 24.3. The number of ether oxygens (including phenoxy) is 2. The summed E-state index contributed by atoms with van der Waals surface area (Å²) >= 11 is 0. The molecular weight excluding hydrogens is 428 g/mol. The molecule has 0 saturated heterocycles. The van der Waals surface area contributed by atoms with Crippen LogP contribution >= 0.6 is 0 Å². The van der Waals surface area contributed by atoms with Crippen molar-refractivity contribution in [3.63, 3.8) is 0 Å². The maximum Gasteiger partial charge on any atom is 0.340 e. The first-order valence-electron chi connectivity index (χ1n) is 12.0. The first-order chi connectivity index (χ1) is 16.1. The molecule has 4 heterocycles. The zero-order valence-corrected chi connectivity index (χ0v) is 20.5. The van der Waals surface area contributed by atoms with E-state index in [1.54, 1.807) is 0 Å². The van der Waals surface area contributed by atoms with Crippen LogP contribution in [0.3, 0.4) is 0 Å². The number of hydrogen-bond acceptors (Lipinski definition) is 7. The van der Waals surface area contributed by atoms with Gasteiger partial charge in [0, 0.05) is 41.2 Å². The molecule has 1 aliphatic heterocycles. The molecule has 0 spiro atoms. The lowest BCUT2D eigenvalue weighted by Gasteiger charge is -2.36. The first kappa shape index (κ1) is 22.7. The summed E-state index contributed by atoms with van der Waals surface area (Å²) in [4.78, 5) is 26.6. The van der Waals surface area contributed by atoms with Crippen LogP contribution in [0.2, 0.25) is 0 Å². The molecular formula is C27H32N4O3. The molecule has 3 aromatic heterocycles. The van der Waals surface area contributed by atoms with Crippen molar-refractivity contribution < 1.29 is 14.3 Å². The summed E-state index contributed by atoms with van der Waals surface area (Å²) in [6, 6.07) is 5.78. The molecule has 1 aliphatic carbocycles. The Bertz CT molecular complexity index is 1280. The van der Waals surface area contributed by atoms with Crippen LogP contribution in [0.25, 0.3) is 10.8 Å². The minimum Gasteiger partial charge on any atom is -0.474 e. The number of hydrogen-bond donors (Lipinski definition) is 1. The van der Waals surface area contributed by atoms with Crippen molar-refractivity contribution >= 4 is 16.7 Å². The SMILES string of the molecule is CC[C@](C)(N)c1cnc(OC2CC2)c2cnc(Cc3ccc4c(n3)C(C)(C)[C@H](C)OC4=O)cc12.